The lowest BCUT2D eigenvalue weighted by atomic mass is 10.3. The fourth-order valence-corrected chi connectivity index (χ4v) is 0.288. The molecule has 0 bridgehead atoms. The molecule has 61 valence electrons. The molecule has 0 atom stereocenters. The van der Waals surface area contributed by atoms with Crippen molar-refractivity contribution in [2.45, 2.75) is 12.1 Å². The second kappa shape index (κ2) is 2.69. The Bertz CT molecular complexity index is 107. The Labute approximate surface area is 54.2 Å². The summed E-state index contributed by atoms with van der Waals surface area (Å²) in [7, 11) is 0.902. The lowest BCUT2D eigenvalue weighted by Crippen LogP contribution is -2.42. The second-order valence-electron chi connectivity index (χ2n) is 1.68. The van der Waals surface area contributed by atoms with E-state index < -0.39 is 18.6 Å². The molecule has 0 N–H and O–H groups in total. The second-order valence-corrected chi connectivity index (χ2v) is 1.68. The SMILES string of the molecule is C[N]CC(F)(F)C(F)(F)F. The molecule has 0 saturated heterocycles. The lowest BCUT2D eigenvalue weighted by Gasteiger charge is -2.17. The highest BCUT2D eigenvalue weighted by atomic mass is 19.4. The molecule has 0 aromatic rings. The Morgan fingerprint density at radius 3 is 1.60 bits per heavy atom. The Morgan fingerprint density at radius 1 is 1.10 bits per heavy atom. The van der Waals surface area contributed by atoms with Gasteiger partial charge < -0.3 is 0 Å². The summed E-state index contributed by atoms with van der Waals surface area (Å²) in [6.45, 7) is -1.50. The summed E-state index contributed by atoms with van der Waals surface area (Å²) in [6, 6.07) is 0. The molecule has 0 spiro atoms. The van der Waals surface area contributed by atoms with Crippen molar-refractivity contribution in [2.75, 3.05) is 13.6 Å². The van der Waals surface area contributed by atoms with E-state index in [1.54, 1.807) is 0 Å². The summed E-state index contributed by atoms with van der Waals surface area (Å²) in [5.74, 6) is -4.68. The van der Waals surface area contributed by atoms with E-state index in [0.717, 1.165) is 7.05 Å². The van der Waals surface area contributed by atoms with Crippen LogP contribution in [0.2, 0.25) is 0 Å². The largest absolute Gasteiger partial charge is 0.454 e. The fourth-order valence-electron chi connectivity index (χ4n) is 0.288. The van der Waals surface area contributed by atoms with Crippen molar-refractivity contribution in [1.82, 2.24) is 5.32 Å². The molecule has 1 nitrogen and oxygen atoms in total. The zero-order valence-corrected chi connectivity index (χ0v) is 5.04. The number of rotatable bonds is 2. The quantitative estimate of drug-likeness (QED) is 0.545. The van der Waals surface area contributed by atoms with Crippen LogP contribution >= 0.6 is 0 Å². The molecule has 0 rings (SSSR count). The molecule has 0 aliphatic carbocycles. The predicted octanol–water partition coefficient (Wildman–Crippen LogP) is 1.42. The summed E-state index contributed by atoms with van der Waals surface area (Å²) in [5, 5.41) is 2.70. The van der Waals surface area contributed by atoms with Gasteiger partial charge in [-0.15, -0.1) is 0 Å². The maximum Gasteiger partial charge on any atom is 0.454 e. The molecule has 0 heterocycles. The van der Waals surface area contributed by atoms with Crippen molar-refractivity contribution in [3.63, 3.8) is 0 Å². The van der Waals surface area contributed by atoms with Crippen LogP contribution in [0.4, 0.5) is 22.0 Å². The first kappa shape index (κ1) is 9.61. The molecule has 0 amide bonds. The van der Waals surface area contributed by atoms with E-state index in [1.807, 2.05) is 0 Å². The molecule has 1 radical (unpaired) electrons. The van der Waals surface area contributed by atoms with Crippen LogP contribution in [0.15, 0.2) is 0 Å². The smallest absolute Gasteiger partial charge is 0.238 e. The van der Waals surface area contributed by atoms with Gasteiger partial charge in [0.05, 0.1) is 6.54 Å². The van der Waals surface area contributed by atoms with Crippen LogP contribution in [0.1, 0.15) is 0 Å². The van der Waals surface area contributed by atoms with Gasteiger partial charge in [-0.05, 0) is 0 Å². The van der Waals surface area contributed by atoms with Crippen molar-refractivity contribution in [2.24, 2.45) is 0 Å². The van der Waals surface area contributed by atoms with Gasteiger partial charge in [-0.3, -0.25) is 0 Å². The number of alkyl halides is 5. The van der Waals surface area contributed by atoms with Crippen molar-refractivity contribution in [1.29, 1.82) is 0 Å². The third-order valence-electron chi connectivity index (χ3n) is 0.771. The van der Waals surface area contributed by atoms with Gasteiger partial charge in [0.2, 0.25) is 0 Å². The summed E-state index contributed by atoms with van der Waals surface area (Å²) in [6.07, 6.45) is -5.48. The number of nitrogens with zero attached hydrogens (tertiary/aromatic N) is 1. The first-order chi connectivity index (χ1) is 4.31. The van der Waals surface area contributed by atoms with Gasteiger partial charge in [0.15, 0.2) is 0 Å². The van der Waals surface area contributed by atoms with Crippen LogP contribution in [0, 0.1) is 0 Å². The Balaban J connectivity index is 4.10. The van der Waals surface area contributed by atoms with Crippen molar-refractivity contribution < 1.29 is 22.0 Å². The Morgan fingerprint density at radius 2 is 1.50 bits per heavy atom. The van der Waals surface area contributed by atoms with Crippen molar-refractivity contribution >= 4 is 0 Å². The van der Waals surface area contributed by atoms with E-state index in [0.29, 0.717) is 0 Å². The average molecular weight is 162 g/mol. The molecule has 10 heavy (non-hydrogen) atoms. The summed E-state index contributed by atoms with van der Waals surface area (Å²) >= 11 is 0. The van der Waals surface area contributed by atoms with E-state index >= 15 is 0 Å². The van der Waals surface area contributed by atoms with Gasteiger partial charge in [0.1, 0.15) is 0 Å². The molecule has 0 unspecified atom stereocenters. The third kappa shape index (κ3) is 2.09. The van der Waals surface area contributed by atoms with Crippen LogP contribution in [0.25, 0.3) is 0 Å². The normalized spacial score (nSPS) is 13.8. The van der Waals surface area contributed by atoms with Gasteiger partial charge in [-0.25, -0.2) is 5.32 Å². The molecule has 0 aliphatic rings. The summed E-state index contributed by atoms with van der Waals surface area (Å²) in [4.78, 5) is 0. The van der Waals surface area contributed by atoms with Crippen LogP contribution < -0.4 is 5.32 Å². The standard InChI is InChI=1S/C4H5F5N/c1-10-2-3(5,6)4(7,8)9/h2H2,1H3. The maximum absolute atomic E-state index is 11.7. The van der Waals surface area contributed by atoms with E-state index in [1.165, 1.54) is 0 Å². The van der Waals surface area contributed by atoms with Crippen molar-refractivity contribution in [3.05, 3.63) is 0 Å². The minimum absolute atomic E-state index is 0.902. The molecular weight excluding hydrogens is 157 g/mol. The molecule has 6 heteroatoms. The minimum atomic E-state index is -5.48. The summed E-state index contributed by atoms with van der Waals surface area (Å²) in [5.41, 5.74) is 0. The van der Waals surface area contributed by atoms with Crippen LogP contribution in [-0.4, -0.2) is 25.7 Å². The van der Waals surface area contributed by atoms with E-state index in [4.69, 9.17) is 0 Å². The van der Waals surface area contributed by atoms with Gasteiger partial charge >= 0.3 is 12.1 Å². The highest BCUT2D eigenvalue weighted by molar-refractivity contribution is 4.76. The molecule has 0 aliphatic heterocycles. The minimum Gasteiger partial charge on any atom is -0.238 e. The monoisotopic (exact) mass is 162 g/mol. The molecule has 0 aromatic carbocycles. The molecule has 0 aromatic heterocycles. The van der Waals surface area contributed by atoms with Gasteiger partial charge in [0.25, 0.3) is 0 Å². The first-order valence-corrected chi connectivity index (χ1v) is 2.31. The topological polar surface area (TPSA) is 14.1 Å². The highest BCUT2D eigenvalue weighted by Crippen LogP contribution is 2.34. The zero-order chi connectivity index (χ0) is 8.41. The molecular formula is C4H5F5N. The average Bonchev–Trinajstić information content (AvgIpc) is 1.61. The first-order valence-electron chi connectivity index (χ1n) is 2.31. The highest BCUT2D eigenvalue weighted by Gasteiger charge is 2.56. The Hall–Kier alpha value is -0.390. The number of hydrogen-bond acceptors (Lipinski definition) is 0. The summed E-state index contributed by atoms with van der Waals surface area (Å²) < 4.78 is 57.1. The molecule has 0 saturated carbocycles. The molecule has 0 fully saturated rings. The van der Waals surface area contributed by atoms with E-state index in [9.17, 15) is 22.0 Å². The van der Waals surface area contributed by atoms with E-state index in [-0.39, 0.29) is 0 Å². The maximum atomic E-state index is 11.7. The van der Waals surface area contributed by atoms with Crippen LogP contribution in [-0.2, 0) is 0 Å². The number of hydrogen-bond donors (Lipinski definition) is 0. The third-order valence-corrected chi connectivity index (χ3v) is 0.771. The number of halogens is 5. The fraction of sp³-hybridized carbons (Fsp3) is 1.00. The van der Waals surface area contributed by atoms with Crippen LogP contribution in [0.3, 0.4) is 0 Å². The van der Waals surface area contributed by atoms with Gasteiger partial charge in [-0.1, -0.05) is 0 Å². The lowest BCUT2D eigenvalue weighted by molar-refractivity contribution is -0.279. The Kier molecular flexibility index (Phi) is 2.59. The van der Waals surface area contributed by atoms with Crippen LogP contribution in [0.5, 0.6) is 0 Å². The van der Waals surface area contributed by atoms with Gasteiger partial charge in [0, 0.05) is 7.05 Å². The zero-order valence-electron chi connectivity index (χ0n) is 5.04. The van der Waals surface area contributed by atoms with E-state index in [2.05, 4.69) is 5.32 Å². The van der Waals surface area contributed by atoms with Crippen molar-refractivity contribution in [3.8, 4) is 0 Å². The predicted molar refractivity (Wildman–Crippen MR) is 23.9 cm³/mol. The van der Waals surface area contributed by atoms with Gasteiger partial charge in [-0.2, -0.15) is 22.0 Å².